The molecule has 1 heterocycles. The Balaban J connectivity index is 2.08. The fraction of sp³-hybridized carbons (Fsp3) is 0.938. The quantitative estimate of drug-likeness (QED) is 0.704. The van der Waals surface area contributed by atoms with Gasteiger partial charge in [-0.25, -0.2) is 4.79 Å². The lowest BCUT2D eigenvalue weighted by molar-refractivity contribution is -0.153. The van der Waals surface area contributed by atoms with Gasteiger partial charge in [-0.1, -0.05) is 6.92 Å². The lowest BCUT2D eigenvalue weighted by Crippen LogP contribution is -2.60. The smallest absolute Gasteiger partial charge is 0.327 e. The lowest BCUT2D eigenvalue weighted by Gasteiger charge is -2.35. The van der Waals surface area contributed by atoms with E-state index in [1.54, 1.807) is 0 Å². The van der Waals surface area contributed by atoms with Crippen molar-refractivity contribution in [2.45, 2.75) is 38.3 Å². The molecule has 0 bridgehead atoms. The Morgan fingerprint density at radius 1 is 1.38 bits per heavy atom. The monoisotopic (exact) mass is 297 g/mol. The first-order valence-corrected chi connectivity index (χ1v) is 8.19. The van der Waals surface area contributed by atoms with Crippen molar-refractivity contribution in [3.63, 3.8) is 0 Å². The number of carbonyl (C=O) groups is 1. The van der Waals surface area contributed by atoms with E-state index in [2.05, 4.69) is 36.1 Å². The highest BCUT2D eigenvalue weighted by molar-refractivity contribution is 5.82. The van der Waals surface area contributed by atoms with Crippen molar-refractivity contribution >= 4 is 5.97 Å². The molecule has 1 aliphatic heterocycles. The van der Waals surface area contributed by atoms with Crippen molar-refractivity contribution < 1.29 is 9.53 Å². The zero-order valence-electron chi connectivity index (χ0n) is 14.2. The van der Waals surface area contributed by atoms with Crippen LogP contribution >= 0.6 is 0 Å². The highest BCUT2D eigenvalue weighted by Crippen LogP contribution is 2.41. The van der Waals surface area contributed by atoms with Crippen LogP contribution < -0.4 is 5.32 Å². The van der Waals surface area contributed by atoms with Gasteiger partial charge in [-0.15, -0.1) is 0 Å². The molecule has 3 atom stereocenters. The summed E-state index contributed by atoms with van der Waals surface area (Å²) in [5.41, 5.74) is -0.517. The topological polar surface area (TPSA) is 44.8 Å². The minimum atomic E-state index is -0.517. The van der Waals surface area contributed by atoms with Gasteiger partial charge in [-0.05, 0) is 52.7 Å². The standard InChI is InChI=1S/C16H31N3O2/c1-6-21-15(20)16(17-3,13-7-8-13)11-19-9-12(2)14(10-19)18(4)5/h12-14,17H,6-11H2,1-5H3. The molecule has 0 aromatic rings. The minimum absolute atomic E-state index is 0.0732. The van der Waals surface area contributed by atoms with Crippen molar-refractivity contribution in [1.82, 2.24) is 15.1 Å². The van der Waals surface area contributed by atoms with Gasteiger partial charge in [0.25, 0.3) is 0 Å². The molecule has 1 saturated heterocycles. The fourth-order valence-electron chi connectivity index (χ4n) is 3.78. The maximum atomic E-state index is 12.5. The fourth-order valence-corrected chi connectivity index (χ4v) is 3.78. The Hall–Kier alpha value is -0.650. The SMILES string of the molecule is CCOC(=O)C(CN1CC(C)C(N(C)C)C1)(NC)C1CC1. The molecule has 3 unspecified atom stereocenters. The molecule has 2 rings (SSSR count). The van der Waals surface area contributed by atoms with Gasteiger partial charge < -0.3 is 15.0 Å². The number of ether oxygens (including phenoxy) is 1. The molecule has 5 heteroatoms. The van der Waals surface area contributed by atoms with Gasteiger partial charge in [0.2, 0.25) is 0 Å². The number of hydrogen-bond donors (Lipinski definition) is 1. The van der Waals surface area contributed by atoms with Gasteiger partial charge >= 0.3 is 5.97 Å². The van der Waals surface area contributed by atoms with E-state index in [9.17, 15) is 4.79 Å². The Bertz CT molecular complexity index is 371. The number of likely N-dealkylation sites (tertiary alicyclic amines) is 1. The molecule has 5 nitrogen and oxygen atoms in total. The van der Waals surface area contributed by atoms with Crippen molar-refractivity contribution in [2.75, 3.05) is 47.4 Å². The van der Waals surface area contributed by atoms with E-state index < -0.39 is 5.54 Å². The second-order valence-electron chi connectivity index (χ2n) is 6.92. The van der Waals surface area contributed by atoms with Gasteiger partial charge in [0.15, 0.2) is 0 Å². The Morgan fingerprint density at radius 3 is 2.48 bits per heavy atom. The molecule has 2 aliphatic rings. The van der Waals surface area contributed by atoms with Crippen molar-refractivity contribution in [3.05, 3.63) is 0 Å². The summed E-state index contributed by atoms with van der Waals surface area (Å²) in [6.07, 6.45) is 2.25. The predicted octanol–water partition coefficient (Wildman–Crippen LogP) is 0.800. The van der Waals surface area contributed by atoms with Crippen LogP contribution in [0.25, 0.3) is 0 Å². The molecular formula is C16H31N3O2. The average molecular weight is 297 g/mol. The molecule has 21 heavy (non-hydrogen) atoms. The van der Waals surface area contributed by atoms with Crippen LogP contribution in [-0.4, -0.2) is 74.7 Å². The molecule has 0 spiro atoms. The Kier molecular flexibility index (Phi) is 5.28. The Morgan fingerprint density at radius 2 is 2.05 bits per heavy atom. The summed E-state index contributed by atoms with van der Waals surface area (Å²) < 4.78 is 5.37. The van der Waals surface area contributed by atoms with Crippen molar-refractivity contribution in [2.24, 2.45) is 11.8 Å². The molecule has 0 amide bonds. The van der Waals surface area contributed by atoms with Gasteiger partial charge in [0.05, 0.1) is 6.61 Å². The average Bonchev–Trinajstić information content (AvgIpc) is 3.20. The van der Waals surface area contributed by atoms with Crippen LogP contribution in [-0.2, 0) is 9.53 Å². The number of rotatable bonds is 7. The maximum absolute atomic E-state index is 12.5. The Labute approximate surface area is 129 Å². The number of carbonyl (C=O) groups excluding carboxylic acids is 1. The van der Waals surface area contributed by atoms with Crippen LogP contribution in [0.4, 0.5) is 0 Å². The largest absolute Gasteiger partial charge is 0.465 e. The molecule has 1 N–H and O–H groups in total. The van der Waals surface area contributed by atoms with E-state index in [4.69, 9.17) is 4.74 Å². The first-order chi connectivity index (χ1) is 9.94. The maximum Gasteiger partial charge on any atom is 0.327 e. The number of esters is 1. The van der Waals surface area contributed by atoms with E-state index >= 15 is 0 Å². The summed E-state index contributed by atoms with van der Waals surface area (Å²) in [4.78, 5) is 17.3. The molecule has 1 aliphatic carbocycles. The summed E-state index contributed by atoms with van der Waals surface area (Å²) in [6.45, 7) is 7.48. The van der Waals surface area contributed by atoms with Gasteiger partial charge in [-0.3, -0.25) is 4.90 Å². The van der Waals surface area contributed by atoms with E-state index in [0.717, 1.165) is 32.5 Å². The highest BCUT2D eigenvalue weighted by Gasteiger charge is 2.52. The second kappa shape index (κ2) is 6.63. The third-order valence-electron chi connectivity index (χ3n) is 5.14. The molecular weight excluding hydrogens is 266 g/mol. The normalized spacial score (nSPS) is 29.6. The van der Waals surface area contributed by atoms with E-state index in [-0.39, 0.29) is 5.97 Å². The summed E-state index contributed by atoms with van der Waals surface area (Å²) >= 11 is 0. The van der Waals surface area contributed by atoms with Crippen LogP contribution in [0.3, 0.4) is 0 Å². The van der Waals surface area contributed by atoms with Crippen LogP contribution in [0.5, 0.6) is 0 Å². The molecule has 122 valence electrons. The molecule has 2 fully saturated rings. The summed E-state index contributed by atoms with van der Waals surface area (Å²) in [5.74, 6) is 0.988. The first-order valence-electron chi connectivity index (χ1n) is 8.19. The molecule has 0 radical (unpaired) electrons. The molecule has 0 aromatic carbocycles. The van der Waals surface area contributed by atoms with Crippen LogP contribution in [0.2, 0.25) is 0 Å². The third-order valence-corrected chi connectivity index (χ3v) is 5.14. The number of nitrogens with zero attached hydrogens (tertiary/aromatic N) is 2. The van der Waals surface area contributed by atoms with E-state index in [1.807, 2.05) is 14.0 Å². The van der Waals surface area contributed by atoms with Gasteiger partial charge in [0, 0.05) is 25.7 Å². The van der Waals surface area contributed by atoms with Crippen LogP contribution in [0.15, 0.2) is 0 Å². The summed E-state index contributed by atoms with van der Waals surface area (Å²) in [7, 11) is 6.18. The van der Waals surface area contributed by atoms with Crippen LogP contribution in [0.1, 0.15) is 26.7 Å². The first kappa shape index (κ1) is 16.7. The third kappa shape index (κ3) is 3.41. The zero-order chi connectivity index (χ0) is 15.6. The van der Waals surface area contributed by atoms with Crippen molar-refractivity contribution in [1.29, 1.82) is 0 Å². The lowest BCUT2D eigenvalue weighted by atomic mass is 9.92. The predicted molar refractivity (Wildman–Crippen MR) is 84.2 cm³/mol. The van der Waals surface area contributed by atoms with E-state index in [1.165, 1.54) is 0 Å². The molecule has 1 saturated carbocycles. The highest BCUT2D eigenvalue weighted by atomic mass is 16.5. The summed E-state index contributed by atoms with van der Waals surface area (Å²) in [6, 6.07) is 0.570. The number of nitrogens with one attached hydrogen (secondary N) is 1. The molecule has 0 aromatic heterocycles. The minimum Gasteiger partial charge on any atom is -0.465 e. The van der Waals surface area contributed by atoms with Gasteiger partial charge in [-0.2, -0.15) is 0 Å². The number of hydrogen-bond acceptors (Lipinski definition) is 5. The van der Waals surface area contributed by atoms with Gasteiger partial charge in [0.1, 0.15) is 5.54 Å². The van der Waals surface area contributed by atoms with Crippen LogP contribution in [0, 0.1) is 11.8 Å². The summed E-state index contributed by atoms with van der Waals surface area (Å²) in [5, 5.41) is 3.32. The number of likely N-dealkylation sites (N-methyl/N-ethyl adjacent to an activating group) is 2. The second-order valence-corrected chi connectivity index (χ2v) is 6.92. The van der Waals surface area contributed by atoms with Crippen molar-refractivity contribution in [3.8, 4) is 0 Å². The zero-order valence-corrected chi connectivity index (χ0v) is 14.2. The van der Waals surface area contributed by atoms with E-state index in [0.29, 0.717) is 24.5 Å².